The van der Waals surface area contributed by atoms with Gasteiger partial charge >= 0.3 is 0 Å². The molecule has 0 aromatic heterocycles. The standard InChI is InChI=1S/C16H27N/c1-6-17(7-2)13-15-10-8-14(9-11-15)12-16(3,4)5/h8-11H,6-7,12-13H2,1-5H3. The number of nitrogens with zero attached hydrogens (tertiary/aromatic N) is 1. The van der Waals surface area contributed by atoms with Gasteiger partial charge in [-0.1, -0.05) is 58.9 Å². The zero-order valence-corrected chi connectivity index (χ0v) is 12.1. The molecule has 0 aliphatic heterocycles. The minimum Gasteiger partial charge on any atom is -0.300 e. The maximum atomic E-state index is 2.44. The van der Waals surface area contributed by atoms with Gasteiger partial charge in [-0.3, -0.25) is 4.90 Å². The lowest BCUT2D eigenvalue weighted by Gasteiger charge is -2.20. The van der Waals surface area contributed by atoms with Gasteiger partial charge in [-0.25, -0.2) is 0 Å². The van der Waals surface area contributed by atoms with Crippen LogP contribution in [0.5, 0.6) is 0 Å². The Morgan fingerprint density at radius 3 is 1.76 bits per heavy atom. The third kappa shape index (κ3) is 5.36. The third-order valence-electron chi connectivity index (χ3n) is 3.06. The van der Waals surface area contributed by atoms with Gasteiger partial charge in [0.2, 0.25) is 0 Å². The van der Waals surface area contributed by atoms with Crippen molar-refractivity contribution in [3.05, 3.63) is 35.4 Å². The fourth-order valence-electron chi connectivity index (χ4n) is 2.08. The van der Waals surface area contributed by atoms with Crippen molar-refractivity contribution in [2.45, 2.75) is 47.6 Å². The van der Waals surface area contributed by atoms with Gasteiger partial charge in [-0.2, -0.15) is 0 Å². The molecule has 0 fully saturated rings. The summed E-state index contributed by atoms with van der Waals surface area (Å²) in [6.07, 6.45) is 1.15. The second-order valence-corrected chi connectivity index (χ2v) is 6.02. The van der Waals surface area contributed by atoms with Crippen LogP contribution in [0.25, 0.3) is 0 Å². The minimum absolute atomic E-state index is 0.375. The molecule has 17 heavy (non-hydrogen) atoms. The van der Waals surface area contributed by atoms with Crippen molar-refractivity contribution >= 4 is 0 Å². The van der Waals surface area contributed by atoms with Crippen LogP contribution in [0, 0.1) is 5.41 Å². The van der Waals surface area contributed by atoms with Crippen molar-refractivity contribution in [3.63, 3.8) is 0 Å². The first kappa shape index (κ1) is 14.2. The molecule has 96 valence electrons. The molecular formula is C16H27N. The van der Waals surface area contributed by atoms with Crippen LogP contribution in [0.1, 0.15) is 45.7 Å². The van der Waals surface area contributed by atoms with Gasteiger partial charge in [0.1, 0.15) is 0 Å². The molecule has 0 atom stereocenters. The van der Waals surface area contributed by atoms with E-state index in [0.717, 1.165) is 26.1 Å². The maximum absolute atomic E-state index is 2.44. The van der Waals surface area contributed by atoms with E-state index >= 15 is 0 Å². The van der Waals surface area contributed by atoms with Crippen LogP contribution in [0.4, 0.5) is 0 Å². The Morgan fingerprint density at radius 1 is 0.882 bits per heavy atom. The van der Waals surface area contributed by atoms with Gasteiger partial charge in [-0.15, -0.1) is 0 Å². The maximum Gasteiger partial charge on any atom is 0.0233 e. The lowest BCUT2D eigenvalue weighted by Crippen LogP contribution is -2.22. The average Bonchev–Trinajstić information content (AvgIpc) is 2.26. The molecule has 0 bridgehead atoms. The van der Waals surface area contributed by atoms with Crippen LogP contribution in [0.15, 0.2) is 24.3 Å². The first-order valence-corrected chi connectivity index (χ1v) is 6.74. The highest BCUT2D eigenvalue weighted by Crippen LogP contribution is 2.20. The van der Waals surface area contributed by atoms with E-state index < -0.39 is 0 Å². The van der Waals surface area contributed by atoms with E-state index in [2.05, 4.69) is 63.8 Å². The number of rotatable bonds is 5. The second kappa shape index (κ2) is 6.20. The molecule has 0 N–H and O–H groups in total. The lowest BCUT2D eigenvalue weighted by molar-refractivity contribution is 0.296. The zero-order valence-electron chi connectivity index (χ0n) is 12.1. The molecule has 0 aliphatic rings. The van der Waals surface area contributed by atoms with Crippen molar-refractivity contribution in [3.8, 4) is 0 Å². The topological polar surface area (TPSA) is 3.24 Å². The first-order valence-electron chi connectivity index (χ1n) is 6.74. The monoisotopic (exact) mass is 233 g/mol. The normalized spacial score (nSPS) is 12.1. The van der Waals surface area contributed by atoms with Crippen molar-refractivity contribution < 1.29 is 0 Å². The molecule has 1 aromatic carbocycles. The second-order valence-electron chi connectivity index (χ2n) is 6.02. The quantitative estimate of drug-likeness (QED) is 0.739. The summed E-state index contributed by atoms with van der Waals surface area (Å²) < 4.78 is 0. The largest absolute Gasteiger partial charge is 0.300 e. The van der Waals surface area contributed by atoms with E-state index in [4.69, 9.17) is 0 Å². The summed E-state index contributed by atoms with van der Waals surface area (Å²) in [6, 6.07) is 9.12. The molecule has 0 aliphatic carbocycles. The Morgan fingerprint density at radius 2 is 1.35 bits per heavy atom. The molecule has 0 saturated carbocycles. The Balaban J connectivity index is 2.62. The fourth-order valence-corrected chi connectivity index (χ4v) is 2.08. The van der Waals surface area contributed by atoms with Crippen LogP contribution in [-0.4, -0.2) is 18.0 Å². The highest BCUT2D eigenvalue weighted by atomic mass is 15.1. The molecule has 1 aromatic rings. The molecule has 0 spiro atoms. The van der Waals surface area contributed by atoms with Gasteiger partial charge < -0.3 is 0 Å². The lowest BCUT2D eigenvalue weighted by atomic mass is 9.88. The predicted octanol–water partition coefficient (Wildman–Crippen LogP) is 4.12. The minimum atomic E-state index is 0.375. The predicted molar refractivity (Wildman–Crippen MR) is 76.2 cm³/mol. The highest BCUT2D eigenvalue weighted by molar-refractivity contribution is 5.23. The van der Waals surface area contributed by atoms with E-state index in [1.54, 1.807) is 0 Å². The Labute approximate surface area is 107 Å². The summed E-state index contributed by atoms with van der Waals surface area (Å²) in [5.74, 6) is 0. The van der Waals surface area contributed by atoms with Crippen molar-refractivity contribution in [1.29, 1.82) is 0 Å². The van der Waals surface area contributed by atoms with Gasteiger partial charge in [-0.05, 0) is 36.1 Å². The van der Waals surface area contributed by atoms with Crippen LogP contribution < -0.4 is 0 Å². The van der Waals surface area contributed by atoms with Crippen molar-refractivity contribution in [1.82, 2.24) is 4.90 Å². The number of hydrogen-bond acceptors (Lipinski definition) is 1. The summed E-state index contributed by atoms with van der Waals surface area (Å²) >= 11 is 0. The Hall–Kier alpha value is -0.820. The number of hydrogen-bond donors (Lipinski definition) is 0. The molecule has 0 amide bonds. The molecule has 1 heteroatoms. The fraction of sp³-hybridized carbons (Fsp3) is 0.625. The van der Waals surface area contributed by atoms with Gasteiger partial charge in [0.25, 0.3) is 0 Å². The molecule has 0 saturated heterocycles. The van der Waals surface area contributed by atoms with Crippen LogP contribution in [-0.2, 0) is 13.0 Å². The summed E-state index contributed by atoms with van der Waals surface area (Å²) in [5.41, 5.74) is 3.24. The Kier molecular flexibility index (Phi) is 5.20. The summed E-state index contributed by atoms with van der Waals surface area (Å²) in [6.45, 7) is 14.6. The number of benzene rings is 1. The Bertz CT molecular complexity index is 314. The van der Waals surface area contributed by atoms with E-state index in [-0.39, 0.29) is 0 Å². The van der Waals surface area contributed by atoms with E-state index in [0.29, 0.717) is 5.41 Å². The van der Waals surface area contributed by atoms with E-state index in [1.807, 2.05) is 0 Å². The molecule has 0 heterocycles. The molecule has 0 unspecified atom stereocenters. The van der Waals surface area contributed by atoms with Crippen LogP contribution >= 0.6 is 0 Å². The highest BCUT2D eigenvalue weighted by Gasteiger charge is 2.11. The zero-order chi connectivity index (χ0) is 12.9. The molecule has 0 radical (unpaired) electrons. The summed E-state index contributed by atoms with van der Waals surface area (Å²) in [4.78, 5) is 2.44. The van der Waals surface area contributed by atoms with Gasteiger partial charge in [0.05, 0.1) is 0 Å². The summed E-state index contributed by atoms with van der Waals surface area (Å²) in [5, 5.41) is 0. The van der Waals surface area contributed by atoms with Crippen LogP contribution in [0.2, 0.25) is 0 Å². The third-order valence-corrected chi connectivity index (χ3v) is 3.06. The first-order chi connectivity index (χ1) is 7.94. The van der Waals surface area contributed by atoms with E-state index in [1.165, 1.54) is 11.1 Å². The van der Waals surface area contributed by atoms with E-state index in [9.17, 15) is 0 Å². The van der Waals surface area contributed by atoms with Crippen molar-refractivity contribution in [2.75, 3.05) is 13.1 Å². The molecule has 1 nitrogen and oxygen atoms in total. The van der Waals surface area contributed by atoms with Crippen LogP contribution in [0.3, 0.4) is 0 Å². The van der Waals surface area contributed by atoms with Gasteiger partial charge in [0, 0.05) is 6.54 Å². The smallest absolute Gasteiger partial charge is 0.0233 e. The summed E-state index contributed by atoms with van der Waals surface area (Å²) in [7, 11) is 0. The SMILES string of the molecule is CCN(CC)Cc1ccc(CC(C)(C)C)cc1. The molecule has 1 rings (SSSR count). The molecular weight excluding hydrogens is 206 g/mol. The van der Waals surface area contributed by atoms with Crippen molar-refractivity contribution in [2.24, 2.45) is 5.41 Å². The average molecular weight is 233 g/mol. The van der Waals surface area contributed by atoms with Gasteiger partial charge in [0.15, 0.2) is 0 Å².